The van der Waals surface area contributed by atoms with Gasteiger partial charge in [0.05, 0.1) is 0 Å². The van der Waals surface area contributed by atoms with Gasteiger partial charge >= 0.3 is 0 Å². The van der Waals surface area contributed by atoms with E-state index in [0.717, 1.165) is 6.42 Å². The first-order valence-electron chi connectivity index (χ1n) is 6.09. The number of allylic oxidation sites excluding steroid dienone is 5. The van der Waals surface area contributed by atoms with Gasteiger partial charge in [-0.25, -0.2) is 0 Å². The molecule has 15 heavy (non-hydrogen) atoms. The Morgan fingerprint density at radius 2 is 1.93 bits per heavy atom. The van der Waals surface area contributed by atoms with Crippen LogP contribution < -0.4 is 0 Å². The van der Waals surface area contributed by atoms with Crippen LogP contribution in [0.25, 0.3) is 0 Å². The summed E-state index contributed by atoms with van der Waals surface area (Å²) >= 11 is 0. The van der Waals surface area contributed by atoms with E-state index in [4.69, 9.17) is 0 Å². The Labute approximate surface area is 95.8 Å². The summed E-state index contributed by atoms with van der Waals surface area (Å²) in [4.78, 5) is 0. The monoisotopic (exact) mass is 206 g/mol. The molecule has 0 aliphatic carbocycles. The Balaban J connectivity index is 4.87. The minimum atomic E-state index is 0.633. The largest absolute Gasteiger partial charge is 0.0958 e. The summed E-state index contributed by atoms with van der Waals surface area (Å²) in [6, 6.07) is 0. The summed E-state index contributed by atoms with van der Waals surface area (Å²) < 4.78 is 0. The van der Waals surface area contributed by atoms with Crippen LogP contribution in [0, 0.1) is 5.92 Å². The van der Waals surface area contributed by atoms with Gasteiger partial charge in [-0.15, -0.1) is 0 Å². The molecular weight excluding hydrogens is 180 g/mol. The quantitative estimate of drug-likeness (QED) is 0.518. The molecule has 0 aliphatic rings. The van der Waals surface area contributed by atoms with Crippen LogP contribution in [0.1, 0.15) is 53.9 Å². The molecule has 1 unspecified atom stereocenters. The first kappa shape index (κ1) is 14.2. The van der Waals surface area contributed by atoms with Crippen LogP contribution >= 0.6 is 0 Å². The number of rotatable bonds is 6. The predicted molar refractivity (Wildman–Crippen MR) is 71.0 cm³/mol. The molecule has 0 saturated carbocycles. The van der Waals surface area contributed by atoms with Crippen LogP contribution in [0.2, 0.25) is 0 Å². The highest BCUT2D eigenvalue weighted by Crippen LogP contribution is 2.24. The van der Waals surface area contributed by atoms with Crippen molar-refractivity contribution in [1.82, 2.24) is 0 Å². The van der Waals surface area contributed by atoms with Gasteiger partial charge in [0.1, 0.15) is 0 Å². The Morgan fingerprint density at radius 1 is 1.33 bits per heavy atom. The van der Waals surface area contributed by atoms with Gasteiger partial charge in [0.15, 0.2) is 0 Å². The standard InChI is InChI=1S/C15H26/c1-7-10-13(6)15(12(4)5)11-14(8-2)9-3/h8,11,13H,4,7,9-10H2,1-3,5-6H3/b14-8-,15-11+. The highest BCUT2D eigenvalue weighted by Gasteiger charge is 2.08. The van der Waals surface area contributed by atoms with Crippen LogP contribution in [0.15, 0.2) is 35.5 Å². The zero-order chi connectivity index (χ0) is 11.8. The van der Waals surface area contributed by atoms with E-state index in [9.17, 15) is 0 Å². The maximum atomic E-state index is 4.08. The molecule has 86 valence electrons. The predicted octanol–water partition coefficient (Wildman–Crippen LogP) is 5.28. The molecule has 0 aromatic rings. The van der Waals surface area contributed by atoms with E-state index in [-0.39, 0.29) is 0 Å². The molecule has 0 N–H and O–H groups in total. The van der Waals surface area contributed by atoms with Gasteiger partial charge in [0, 0.05) is 0 Å². The maximum absolute atomic E-state index is 4.08. The molecule has 0 saturated heterocycles. The lowest BCUT2D eigenvalue weighted by Crippen LogP contribution is -2.00. The average Bonchev–Trinajstić information content (AvgIpc) is 2.19. The lowest BCUT2D eigenvalue weighted by Gasteiger charge is -2.16. The van der Waals surface area contributed by atoms with Gasteiger partial charge in [0.2, 0.25) is 0 Å². The van der Waals surface area contributed by atoms with Crippen LogP contribution in [0.3, 0.4) is 0 Å². The van der Waals surface area contributed by atoms with Crippen molar-refractivity contribution >= 4 is 0 Å². The van der Waals surface area contributed by atoms with Gasteiger partial charge in [0.25, 0.3) is 0 Å². The summed E-state index contributed by atoms with van der Waals surface area (Å²) in [6.45, 7) is 15.0. The van der Waals surface area contributed by atoms with Crippen LogP contribution in [0.5, 0.6) is 0 Å². The lowest BCUT2D eigenvalue weighted by molar-refractivity contribution is 0.606. The van der Waals surface area contributed by atoms with Gasteiger partial charge in [-0.3, -0.25) is 0 Å². The van der Waals surface area contributed by atoms with Gasteiger partial charge < -0.3 is 0 Å². The van der Waals surface area contributed by atoms with Crippen LogP contribution in [-0.4, -0.2) is 0 Å². The van der Waals surface area contributed by atoms with Crippen molar-refractivity contribution in [2.45, 2.75) is 53.9 Å². The molecule has 0 aliphatic heterocycles. The fraction of sp³-hybridized carbons (Fsp3) is 0.600. The fourth-order valence-corrected chi connectivity index (χ4v) is 1.86. The zero-order valence-electron chi connectivity index (χ0n) is 11.1. The van der Waals surface area contributed by atoms with Crippen molar-refractivity contribution in [1.29, 1.82) is 0 Å². The summed E-state index contributed by atoms with van der Waals surface area (Å²) in [7, 11) is 0. The summed E-state index contributed by atoms with van der Waals surface area (Å²) in [5.74, 6) is 0.633. The molecule has 0 aromatic heterocycles. The third-order valence-corrected chi connectivity index (χ3v) is 2.87. The van der Waals surface area contributed by atoms with Gasteiger partial charge in [-0.2, -0.15) is 0 Å². The highest BCUT2D eigenvalue weighted by atomic mass is 14.1. The smallest absolute Gasteiger partial charge is 0.0188 e. The second-order valence-electron chi connectivity index (χ2n) is 4.29. The molecule has 1 atom stereocenters. The molecule has 0 fully saturated rings. The normalized spacial score (nSPS) is 15.3. The van der Waals surface area contributed by atoms with E-state index in [1.807, 2.05) is 0 Å². The van der Waals surface area contributed by atoms with E-state index in [2.05, 4.69) is 53.3 Å². The van der Waals surface area contributed by atoms with E-state index < -0.39 is 0 Å². The van der Waals surface area contributed by atoms with Crippen molar-refractivity contribution in [3.63, 3.8) is 0 Å². The highest BCUT2D eigenvalue weighted by molar-refractivity contribution is 5.35. The van der Waals surface area contributed by atoms with E-state index in [1.54, 1.807) is 0 Å². The second kappa shape index (κ2) is 7.50. The van der Waals surface area contributed by atoms with Crippen molar-refractivity contribution < 1.29 is 0 Å². The molecule has 0 nitrogen and oxygen atoms in total. The Morgan fingerprint density at radius 3 is 2.27 bits per heavy atom. The summed E-state index contributed by atoms with van der Waals surface area (Å²) in [6.07, 6.45) is 8.11. The first-order chi connectivity index (χ1) is 7.06. The summed E-state index contributed by atoms with van der Waals surface area (Å²) in [5.41, 5.74) is 4.05. The van der Waals surface area contributed by atoms with Crippen molar-refractivity contribution in [2.24, 2.45) is 5.92 Å². The molecule has 0 heterocycles. The van der Waals surface area contributed by atoms with Gasteiger partial charge in [-0.1, -0.05) is 57.1 Å². The van der Waals surface area contributed by atoms with Crippen molar-refractivity contribution in [3.8, 4) is 0 Å². The Hall–Kier alpha value is -0.780. The Bertz CT molecular complexity index is 253. The minimum absolute atomic E-state index is 0.633. The van der Waals surface area contributed by atoms with Crippen LogP contribution in [-0.2, 0) is 0 Å². The van der Waals surface area contributed by atoms with E-state index >= 15 is 0 Å². The van der Waals surface area contributed by atoms with Gasteiger partial charge in [-0.05, 0) is 38.2 Å². The fourth-order valence-electron chi connectivity index (χ4n) is 1.86. The first-order valence-corrected chi connectivity index (χ1v) is 6.09. The number of hydrogen-bond donors (Lipinski definition) is 0. The lowest BCUT2D eigenvalue weighted by atomic mass is 9.90. The average molecular weight is 206 g/mol. The minimum Gasteiger partial charge on any atom is -0.0958 e. The topological polar surface area (TPSA) is 0 Å². The molecule has 0 radical (unpaired) electrons. The molecular formula is C15H26. The molecule has 0 aromatic carbocycles. The zero-order valence-corrected chi connectivity index (χ0v) is 11.1. The molecule has 0 rings (SSSR count). The SMILES string of the molecule is C=C(C)/C(=C\C(=C/C)CC)C(C)CCC. The third kappa shape index (κ3) is 5.01. The molecule has 0 amide bonds. The molecule has 0 heteroatoms. The van der Waals surface area contributed by atoms with E-state index in [0.29, 0.717) is 5.92 Å². The van der Waals surface area contributed by atoms with E-state index in [1.165, 1.54) is 29.6 Å². The molecule has 0 bridgehead atoms. The van der Waals surface area contributed by atoms with Crippen molar-refractivity contribution in [2.75, 3.05) is 0 Å². The second-order valence-corrected chi connectivity index (χ2v) is 4.29. The van der Waals surface area contributed by atoms with Crippen molar-refractivity contribution in [3.05, 3.63) is 35.5 Å². The summed E-state index contributed by atoms with van der Waals surface area (Å²) in [5, 5.41) is 0. The van der Waals surface area contributed by atoms with Crippen LogP contribution in [0.4, 0.5) is 0 Å². The maximum Gasteiger partial charge on any atom is -0.0188 e. The third-order valence-electron chi connectivity index (χ3n) is 2.87. The molecule has 0 spiro atoms. The number of hydrogen-bond acceptors (Lipinski definition) is 0. The Kier molecular flexibility index (Phi) is 7.11.